The maximum Gasteiger partial charge on any atom is 0.276 e. The minimum absolute atomic E-state index is 0.170. The van der Waals surface area contributed by atoms with E-state index >= 15 is 0 Å². The predicted octanol–water partition coefficient (Wildman–Crippen LogP) is 2.58. The number of anilines is 3. The van der Waals surface area contributed by atoms with Crippen LogP contribution in [0.2, 0.25) is 0 Å². The summed E-state index contributed by atoms with van der Waals surface area (Å²) >= 11 is 0. The van der Waals surface area contributed by atoms with Crippen molar-refractivity contribution in [3.8, 4) is 11.1 Å². The number of amides is 1. The van der Waals surface area contributed by atoms with Gasteiger partial charge >= 0.3 is 0 Å². The highest BCUT2D eigenvalue weighted by molar-refractivity contribution is 6.04. The van der Waals surface area contributed by atoms with Gasteiger partial charge in [0, 0.05) is 25.9 Å². The van der Waals surface area contributed by atoms with Crippen LogP contribution in [-0.2, 0) is 0 Å². The van der Waals surface area contributed by atoms with E-state index in [1.54, 1.807) is 41.3 Å². The number of halogens is 1. The maximum atomic E-state index is 13.0. The van der Waals surface area contributed by atoms with Crippen LogP contribution in [0, 0.1) is 5.95 Å². The smallest absolute Gasteiger partial charge is 0.276 e. The second-order valence-electron chi connectivity index (χ2n) is 5.80. The molecule has 0 fully saturated rings. The first-order chi connectivity index (χ1) is 12.4. The molecule has 0 aliphatic rings. The summed E-state index contributed by atoms with van der Waals surface area (Å²) in [5, 5.41) is 10.6. The van der Waals surface area contributed by atoms with Gasteiger partial charge in [-0.05, 0) is 42.0 Å². The maximum absolute atomic E-state index is 13.0. The summed E-state index contributed by atoms with van der Waals surface area (Å²) in [5.74, 6) is -0.340. The van der Waals surface area contributed by atoms with Crippen molar-refractivity contribution >= 4 is 23.1 Å². The SMILES string of the molecule is CN(C)c1ccc(C(=O)Nc2cc(-c3ccc(F)nc3)ccc2N)nn1. The number of rotatable bonds is 4. The van der Waals surface area contributed by atoms with Crippen molar-refractivity contribution in [2.45, 2.75) is 0 Å². The molecule has 132 valence electrons. The lowest BCUT2D eigenvalue weighted by Gasteiger charge is -2.12. The number of benzene rings is 1. The standard InChI is InChI=1S/C18H17FN6O/c1-25(2)17-8-6-14(23-24-17)18(26)22-15-9-11(3-5-13(15)20)12-4-7-16(19)21-10-12/h3-10H,20H2,1-2H3,(H,22,26). The third kappa shape index (κ3) is 3.75. The Bertz CT molecular complexity index is 925. The van der Waals surface area contributed by atoms with E-state index in [0.717, 1.165) is 5.56 Å². The molecule has 2 heterocycles. The van der Waals surface area contributed by atoms with E-state index < -0.39 is 11.9 Å². The molecule has 1 aromatic carbocycles. The Hall–Kier alpha value is -3.55. The number of hydrogen-bond donors (Lipinski definition) is 2. The second kappa shape index (κ2) is 7.14. The summed E-state index contributed by atoms with van der Waals surface area (Å²) in [6, 6.07) is 11.3. The van der Waals surface area contributed by atoms with Crippen LogP contribution in [0.3, 0.4) is 0 Å². The molecule has 0 aliphatic carbocycles. The molecule has 7 nitrogen and oxygen atoms in total. The zero-order chi connectivity index (χ0) is 18.7. The first-order valence-corrected chi connectivity index (χ1v) is 7.78. The van der Waals surface area contributed by atoms with E-state index in [9.17, 15) is 9.18 Å². The van der Waals surface area contributed by atoms with Crippen molar-refractivity contribution in [3.05, 3.63) is 60.3 Å². The minimum atomic E-state index is -0.558. The van der Waals surface area contributed by atoms with Crippen LogP contribution in [0.4, 0.5) is 21.6 Å². The van der Waals surface area contributed by atoms with Gasteiger partial charge in [-0.25, -0.2) is 4.98 Å². The Kier molecular flexibility index (Phi) is 4.74. The Morgan fingerprint density at radius 1 is 1.08 bits per heavy atom. The van der Waals surface area contributed by atoms with Crippen molar-refractivity contribution in [2.75, 3.05) is 30.0 Å². The van der Waals surface area contributed by atoms with Crippen molar-refractivity contribution in [3.63, 3.8) is 0 Å². The number of nitrogens with one attached hydrogen (secondary N) is 1. The molecule has 26 heavy (non-hydrogen) atoms. The van der Waals surface area contributed by atoms with Crippen LogP contribution in [0.15, 0.2) is 48.7 Å². The van der Waals surface area contributed by atoms with Gasteiger partial charge in [0.25, 0.3) is 5.91 Å². The van der Waals surface area contributed by atoms with E-state index in [2.05, 4.69) is 20.5 Å². The van der Waals surface area contributed by atoms with Crippen LogP contribution in [0.25, 0.3) is 11.1 Å². The quantitative estimate of drug-likeness (QED) is 0.553. The number of nitrogens with zero attached hydrogens (tertiary/aromatic N) is 4. The zero-order valence-corrected chi connectivity index (χ0v) is 14.3. The highest BCUT2D eigenvalue weighted by Crippen LogP contribution is 2.27. The van der Waals surface area contributed by atoms with Gasteiger partial charge in [0.2, 0.25) is 5.95 Å². The molecule has 3 N–H and O–H groups in total. The number of nitrogens with two attached hydrogens (primary N) is 1. The highest BCUT2D eigenvalue weighted by Gasteiger charge is 2.12. The van der Waals surface area contributed by atoms with Gasteiger partial charge in [0.1, 0.15) is 0 Å². The Labute approximate surface area is 149 Å². The van der Waals surface area contributed by atoms with Crippen LogP contribution < -0.4 is 16.0 Å². The summed E-state index contributed by atoms with van der Waals surface area (Å²) in [6.45, 7) is 0. The first-order valence-electron chi connectivity index (χ1n) is 7.78. The van der Waals surface area contributed by atoms with Gasteiger partial charge in [-0.2, -0.15) is 4.39 Å². The molecule has 3 rings (SSSR count). The number of aromatic nitrogens is 3. The van der Waals surface area contributed by atoms with Gasteiger partial charge in [0.15, 0.2) is 11.5 Å². The number of carbonyl (C=O) groups is 1. The predicted molar refractivity (Wildman–Crippen MR) is 98.4 cm³/mol. The van der Waals surface area contributed by atoms with Crippen molar-refractivity contribution in [1.29, 1.82) is 0 Å². The van der Waals surface area contributed by atoms with E-state index in [0.29, 0.717) is 22.8 Å². The minimum Gasteiger partial charge on any atom is -0.397 e. The number of pyridine rings is 1. The molecule has 1 amide bonds. The van der Waals surface area contributed by atoms with Crippen LogP contribution in [-0.4, -0.2) is 35.2 Å². The van der Waals surface area contributed by atoms with Gasteiger partial charge in [0.05, 0.1) is 11.4 Å². The molecular weight excluding hydrogens is 335 g/mol. The average molecular weight is 352 g/mol. The molecule has 0 saturated carbocycles. The number of hydrogen-bond acceptors (Lipinski definition) is 6. The average Bonchev–Trinajstić information content (AvgIpc) is 2.64. The van der Waals surface area contributed by atoms with Crippen LogP contribution in [0.5, 0.6) is 0 Å². The molecule has 3 aromatic rings. The lowest BCUT2D eigenvalue weighted by atomic mass is 10.1. The molecule has 8 heteroatoms. The first kappa shape index (κ1) is 17.3. The molecule has 0 radical (unpaired) electrons. The van der Waals surface area contributed by atoms with Gasteiger partial charge < -0.3 is 16.0 Å². The topological polar surface area (TPSA) is 97.0 Å². The number of nitrogen functional groups attached to an aromatic ring is 1. The molecule has 0 spiro atoms. The van der Waals surface area contributed by atoms with E-state index in [1.807, 2.05) is 14.1 Å². The third-order valence-corrected chi connectivity index (χ3v) is 3.70. The molecule has 0 saturated heterocycles. The third-order valence-electron chi connectivity index (χ3n) is 3.70. The largest absolute Gasteiger partial charge is 0.397 e. The Balaban J connectivity index is 1.83. The summed E-state index contributed by atoms with van der Waals surface area (Å²) in [5.41, 5.74) is 8.40. The van der Waals surface area contributed by atoms with E-state index in [4.69, 9.17) is 5.73 Å². The normalized spacial score (nSPS) is 10.4. The number of carbonyl (C=O) groups excluding carboxylic acids is 1. The van der Waals surface area contributed by atoms with Crippen LogP contribution >= 0.6 is 0 Å². The summed E-state index contributed by atoms with van der Waals surface area (Å²) < 4.78 is 13.0. The Morgan fingerprint density at radius 3 is 2.46 bits per heavy atom. The fourth-order valence-electron chi connectivity index (χ4n) is 2.26. The van der Waals surface area contributed by atoms with Crippen molar-refractivity contribution in [1.82, 2.24) is 15.2 Å². The van der Waals surface area contributed by atoms with E-state index in [-0.39, 0.29) is 5.69 Å². The summed E-state index contributed by atoms with van der Waals surface area (Å²) in [4.78, 5) is 17.8. The van der Waals surface area contributed by atoms with E-state index in [1.165, 1.54) is 12.3 Å². The lowest BCUT2D eigenvalue weighted by molar-refractivity contribution is 0.102. The van der Waals surface area contributed by atoms with Gasteiger partial charge in [-0.15, -0.1) is 10.2 Å². The molecule has 0 aliphatic heterocycles. The van der Waals surface area contributed by atoms with Crippen molar-refractivity contribution < 1.29 is 9.18 Å². The van der Waals surface area contributed by atoms with Gasteiger partial charge in [-0.3, -0.25) is 4.79 Å². The monoisotopic (exact) mass is 352 g/mol. The highest BCUT2D eigenvalue weighted by atomic mass is 19.1. The molecule has 0 atom stereocenters. The zero-order valence-electron chi connectivity index (χ0n) is 14.3. The Morgan fingerprint density at radius 2 is 1.85 bits per heavy atom. The fourth-order valence-corrected chi connectivity index (χ4v) is 2.26. The second-order valence-corrected chi connectivity index (χ2v) is 5.80. The molecule has 0 unspecified atom stereocenters. The van der Waals surface area contributed by atoms with Crippen molar-refractivity contribution in [2.24, 2.45) is 0 Å². The summed E-state index contributed by atoms with van der Waals surface area (Å²) in [6.07, 6.45) is 1.41. The lowest BCUT2D eigenvalue weighted by Crippen LogP contribution is -2.17. The molecule has 0 bridgehead atoms. The summed E-state index contributed by atoms with van der Waals surface area (Å²) in [7, 11) is 3.67. The fraction of sp³-hybridized carbons (Fsp3) is 0.111. The molecule has 2 aromatic heterocycles. The van der Waals surface area contributed by atoms with Gasteiger partial charge in [-0.1, -0.05) is 6.07 Å². The molecular formula is C18H17FN6O. The van der Waals surface area contributed by atoms with Crippen LogP contribution in [0.1, 0.15) is 10.5 Å².